The topological polar surface area (TPSA) is 80.9 Å². The van der Waals surface area contributed by atoms with Crippen molar-refractivity contribution >= 4 is 28.3 Å². The van der Waals surface area contributed by atoms with Crippen LogP contribution >= 0.6 is 11.5 Å². The number of hydrogen-bond acceptors (Lipinski definition) is 5. The van der Waals surface area contributed by atoms with Gasteiger partial charge in [0.15, 0.2) is 0 Å². The van der Waals surface area contributed by atoms with Crippen LogP contribution in [0.3, 0.4) is 0 Å². The fourth-order valence-electron chi connectivity index (χ4n) is 1.39. The average molecular weight is 248 g/mol. The lowest BCUT2D eigenvalue weighted by Gasteiger charge is -2.06. The molecule has 5 nitrogen and oxygen atoms in total. The number of amides is 1. The van der Waals surface area contributed by atoms with E-state index in [0.29, 0.717) is 22.2 Å². The number of nitrogens with zero attached hydrogens (tertiary/aromatic N) is 2. The molecule has 1 aromatic carbocycles. The standard InChI is InChI=1S/C11H12N4OS/c1-6-4-3-5-8(9(6)12)10(16)14-11-13-7(2)15-17-11/h3-5H,12H2,1-2H3,(H,13,14,15,16). The molecular weight excluding hydrogens is 236 g/mol. The normalized spacial score (nSPS) is 10.2. The largest absolute Gasteiger partial charge is 0.398 e. The van der Waals surface area contributed by atoms with Crippen molar-refractivity contribution in [2.24, 2.45) is 0 Å². The van der Waals surface area contributed by atoms with Gasteiger partial charge >= 0.3 is 0 Å². The van der Waals surface area contributed by atoms with Gasteiger partial charge in [0.05, 0.1) is 5.56 Å². The summed E-state index contributed by atoms with van der Waals surface area (Å²) in [4.78, 5) is 16.0. The monoisotopic (exact) mass is 248 g/mol. The van der Waals surface area contributed by atoms with E-state index in [9.17, 15) is 4.79 Å². The van der Waals surface area contributed by atoms with Crippen LogP contribution in [0.2, 0.25) is 0 Å². The van der Waals surface area contributed by atoms with E-state index in [-0.39, 0.29) is 5.91 Å². The Balaban J connectivity index is 2.23. The molecule has 0 saturated heterocycles. The number of hydrogen-bond donors (Lipinski definition) is 2. The molecule has 2 rings (SSSR count). The number of carbonyl (C=O) groups is 1. The number of benzene rings is 1. The molecule has 17 heavy (non-hydrogen) atoms. The summed E-state index contributed by atoms with van der Waals surface area (Å²) < 4.78 is 3.99. The molecule has 0 spiro atoms. The molecule has 2 aromatic rings. The number of nitrogens with two attached hydrogens (primary N) is 1. The Morgan fingerprint density at radius 2 is 2.18 bits per heavy atom. The van der Waals surface area contributed by atoms with E-state index in [1.807, 2.05) is 13.0 Å². The smallest absolute Gasteiger partial charge is 0.259 e. The van der Waals surface area contributed by atoms with Gasteiger partial charge in [-0.3, -0.25) is 10.1 Å². The summed E-state index contributed by atoms with van der Waals surface area (Å²) in [5.41, 5.74) is 7.68. The molecule has 0 bridgehead atoms. The fourth-order valence-corrected chi connectivity index (χ4v) is 1.96. The van der Waals surface area contributed by atoms with Crippen LogP contribution in [0.1, 0.15) is 21.7 Å². The highest BCUT2D eigenvalue weighted by Crippen LogP contribution is 2.18. The van der Waals surface area contributed by atoms with Gasteiger partial charge in [-0.05, 0) is 25.5 Å². The van der Waals surface area contributed by atoms with Gasteiger partial charge in [-0.1, -0.05) is 12.1 Å². The SMILES string of the molecule is Cc1nsc(NC(=O)c2cccc(C)c2N)n1. The van der Waals surface area contributed by atoms with Crippen LogP contribution in [-0.2, 0) is 0 Å². The van der Waals surface area contributed by atoms with Crippen molar-refractivity contribution in [1.82, 2.24) is 9.36 Å². The first-order valence-corrected chi connectivity index (χ1v) is 5.82. The van der Waals surface area contributed by atoms with E-state index in [1.54, 1.807) is 19.1 Å². The van der Waals surface area contributed by atoms with E-state index in [2.05, 4.69) is 14.7 Å². The lowest BCUT2D eigenvalue weighted by molar-refractivity contribution is 0.102. The fraction of sp³-hybridized carbons (Fsp3) is 0.182. The van der Waals surface area contributed by atoms with Crippen molar-refractivity contribution in [1.29, 1.82) is 0 Å². The summed E-state index contributed by atoms with van der Waals surface area (Å²) in [5, 5.41) is 3.15. The lowest BCUT2D eigenvalue weighted by atomic mass is 10.1. The third-order valence-corrected chi connectivity index (χ3v) is 3.04. The molecule has 1 aromatic heterocycles. The van der Waals surface area contributed by atoms with Crippen LogP contribution < -0.4 is 11.1 Å². The summed E-state index contributed by atoms with van der Waals surface area (Å²) in [6, 6.07) is 5.35. The average Bonchev–Trinajstić information content (AvgIpc) is 2.68. The van der Waals surface area contributed by atoms with Gasteiger partial charge in [-0.15, -0.1) is 0 Å². The zero-order valence-electron chi connectivity index (χ0n) is 9.52. The van der Waals surface area contributed by atoms with Gasteiger partial charge in [0.1, 0.15) is 5.82 Å². The van der Waals surface area contributed by atoms with Crippen molar-refractivity contribution in [3.05, 3.63) is 35.2 Å². The van der Waals surface area contributed by atoms with Gasteiger partial charge in [0, 0.05) is 17.2 Å². The first-order chi connectivity index (χ1) is 8.08. The van der Waals surface area contributed by atoms with E-state index in [4.69, 9.17) is 5.73 Å². The number of nitrogen functional groups attached to an aromatic ring is 1. The van der Waals surface area contributed by atoms with Gasteiger partial charge in [0.2, 0.25) is 5.13 Å². The van der Waals surface area contributed by atoms with Crippen molar-refractivity contribution < 1.29 is 4.79 Å². The van der Waals surface area contributed by atoms with Crippen molar-refractivity contribution in [3.63, 3.8) is 0 Å². The first kappa shape index (κ1) is 11.5. The molecule has 0 aliphatic heterocycles. The number of aryl methyl sites for hydroxylation is 2. The zero-order valence-corrected chi connectivity index (χ0v) is 10.3. The second-order valence-corrected chi connectivity index (χ2v) is 4.39. The number of anilines is 2. The molecule has 88 valence electrons. The highest BCUT2D eigenvalue weighted by Gasteiger charge is 2.12. The summed E-state index contributed by atoms with van der Waals surface area (Å²) in [6.45, 7) is 3.63. The number of para-hydroxylation sites is 1. The Hall–Kier alpha value is -1.95. The van der Waals surface area contributed by atoms with Crippen molar-refractivity contribution in [2.45, 2.75) is 13.8 Å². The molecule has 0 unspecified atom stereocenters. The Labute approximate surface area is 103 Å². The highest BCUT2D eigenvalue weighted by molar-refractivity contribution is 7.09. The van der Waals surface area contributed by atoms with Crippen LogP contribution in [0.25, 0.3) is 0 Å². The minimum atomic E-state index is -0.262. The Morgan fingerprint density at radius 1 is 1.41 bits per heavy atom. The van der Waals surface area contributed by atoms with E-state index in [0.717, 1.165) is 17.1 Å². The molecule has 0 aliphatic carbocycles. The minimum absolute atomic E-state index is 0.262. The van der Waals surface area contributed by atoms with Crippen molar-refractivity contribution in [2.75, 3.05) is 11.1 Å². The van der Waals surface area contributed by atoms with E-state index < -0.39 is 0 Å². The van der Waals surface area contributed by atoms with Gasteiger partial charge in [-0.25, -0.2) is 4.98 Å². The van der Waals surface area contributed by atoms with Gasteiger partial charge < -0.3 is 5.73 Å². The van der Waals surface area contributed by atoms with Gasteiger partial charge in [-0.2, -0.15) is 4.37 Å². The molecule has 0 saturated carbocycles. The second-order valence-electron chi connectivity index (χ2n) is 3.64. The quantitative estimate of drug-likeness (QED) is 0.796. The highest BCUT2D eigenvalue weighted by atomic mass is 32.1. The first-order valence-electron chi connectivity index (χ1n) is 5.04. The lowest BCUT2D eigenvalue weighted by Crippen LogP contribution is -2.14. The molecular formula is C11H12N4OS. The molecule has 0 atom stereocenters. The molecule has 1 amide bonds. The molecule has 0 aliphatic rings. The van der Waals surface area contributed by atoms with Crippen LogP contribution in [0.4, 0.5) is 10.8 Å². The molecule has 6 heteroatoms. The Morgan fingerprint density at radius 3 is 2.82 bits per heavy atom. The van der Waals surface area contributed by atoms with Crippen LogP contribution in [0, 0.1) is 13.8 Å². The van der Waals surface area contributed by atoms with Crippen LogP contribution in [0.5, 0.6) is 0 Å². The molecule has 0 radical (unpaired) electrons. The Kier molecular flexibility index (Phi) is 3.06. The maximum absolute atomic E-state index is 11.9. The summed E-state index contributed by atoms with van der Waals surface area (Å²) in [7, 11) is 0. The predicted octanol–water partition coefficient (Wildman–Crippen LogP) is 1.99. The summed E-state index contributed by atoms with van der Waals surface area (Å²) in [5.74, 6) is 0.380. The predicted molar refractivity (Wildman–Crippen MR) is 68.2 cm³/mol. The number of nitrogens with one attached hydrogen (secondary N) is 1. The third-order valence-electron chi connectivity index (χ3n) is 2.32. The molecule has 1 heterocycles. The Bertz CT molecular complexity index is 564. The van der Waals surface area contributed by atoms with Gasteiger partial charge in [0.25, 0.3) is 5.91 Å². The molecule has 3 N–H and O–H groups in total. The zero-order chi connectivity index (χ0) is 12.4. The summed E-state index contributed by atoms with van der Waals surface area (Å²) in [6.07, 6.45) is 0. The third kappa shape index (κ3) is 2.42. The maximum atomic E-state index is 11.9. The summed E-state index contributed by atoms with van der Waals surface area (Å²) >= 11 is 1.15. The van der Waals surface area contributed by atoms with E-state index >= 15 is 0 Å². The van der Waals surface area contributed by atoms with Crippen LogP contribution in [-0.4, -0.2) is 15.3 Å². The second kappa shape index (κ2) is 4.50. The van der Waals surface area contributed by atoms with Crippen LogP contribution in [0.15, 0.2) is 18.2 Å². The minimum Gasteiger partial charge on any atom is -0.398 e. The maximum Gasteiger partial charge on any atom is 0.259 e. The van der Waals surface area contributed by atoms with E-state index in [1.165, 1.54) is 0 Å². The number of rotatable bonds is 2. The number of aromatic nitrogens is 2. The van der Waals surface area contributed by atoms with Crippen molar-refractivity contribution in [3.8, 4) is 0 Å². The molecule has 0 fully saturated rings. The number of carbonyl (C=O) groups excluding carboxylic acids is 1.